The summed E-state index contributed by atoms with van der Waals surface area (Å²) in [5.41, 5.74) is 0.604. The van der Waals surface area contributed by atoms with Gasteiger partial charge in [0, 0.05) is 5.92 Å². The highest BCUT2D eigenvalue weighted by molar-refractivity contribution is 5.96. The van der Waals surface area contributed by atoms with Crippen LogP contribution in [0, 0.1) is 56.2 Å². The van der Waals surface area contributed by atoms with Gasteiger partial charge in [-0.3, -0.25) is 14.4 Å². The molecule has 7 nitrogen and oxygen atoms in total. The van der Waals surface area contributed by atoms with Crippen molar-refractivity contribution >= 4 is 23.7 Å². The molecule has 0 unspecified atom stereocenters. The predicted octanol–water partition coefficient (Wildman–Crippen LogP) is 8.04. The van der Waals surface area contributed by atoms with Crippen LogP contribution in [0.4, 0.5) is 0 Å². The molecule has 4 fully saturated rings. The summed E-state index contributed by atoms with van der Waals surface area (Å²) in [5, 5.41) is 0. The van der Waals surface area contributed by atoms with Crippen LogP contribution >= 0.6 is 0 Å². The number of hydrogen-bond donors (Lipinski definition) is 0. The Hall–Kier alpha value is -2.96. The number of ether oxygens (including phenoxy) is 3. The van der Waals surface area contributed by atoms with Crippen LogP contribution in [0.25, 0.3) is 0 Å². The molecule has 0 radical (unpaired) electrons. The maximum atomic E-state index is 14.8. The first-order valence-corrected chi connectivity index (χ1v) is 18.2. The van der Waals surface area contributed by atoms with E-state index in [1.165, 1.54) is 12.7 Å². The number of ketones is 1. The molecule has 6 rings (SSSR count). The third-order valence-corrected chi connectivity index (χ3v) is 15.2. The SMILES string of the molecule is COC(=O)COC(=O)[C@H]1CC[C@]2(C)[C@H]3C(=O)C=C4[C@@H]5C[C@@](C)(C(=O)OCc6ccccc6)CC[C@]5(C)CC[C@@]4(C)[C@]3(C)CC[C@H]2C1(C)C. The van der Waals surface area contributed by atoms with Gasteiger partial charge in [0.2, 0.25) is 0 Å². The number of carbonyl (C=O) groups excluding carboxylic acids is 4. The first-order valence-electron chi connectivity index (χ1n) is 18.2. The molecule has 1 aromatic carbocycles. The lowest BCUT2D eigenvalue weighted by atomic mass is 9.33. The highest BCUT2D eigenvalue weighted by atomic mass is 16.6. The molecule has 0 heterocycles. The van der Waals surface area contributed by atoms with Crippen molar-refractivity contribution in [1.82, 2.24) is 0 Å². The second-order valence-electron chi connectivity index (χ2n) is 17.9. The smallest absolute Gasteiger partial charge is 0.344 e. The Bertz CT molecular complexity index is 1510. The van der Waals surface area contributed by atoms with Gasteiger partial charge in [-0.25, -0.2) is 4.79 Å². The summed E-state index contributed by atoms with van der Waals surface area (Å²) in [5.74, 6) is -1.03. The lowest BCUT2D eigenvalue weighted by Gasteiger charge is -2.70. The molecule has 4 saturated carbocycles. The molecule has 0 saturated heterocycles. The molecular weight excluding hydrogens is 604 g/mol. The van der Waals surface area contributed by atoms with Gasteiger partial charge < -0.3 is 14.2 Å². The van der Waals surface area contributed by atoms with E-state index in [1.807, 2.05) is 36.4 Å². The minimum Gasteiger partial charge on any atom is -0.466 e. The quantitative estimate of drug-likeness (QED) is 0.225. The third kappa shape index (κ3) is 5.19. The summed E-state index contributed by atoms with van der Waals surface area (Å²) in [6.07, 6.45) is 9.81. The van der Waals surface area contributed by atoms with Crippen molar-refractivity contribution < 1.29 is 33.4 Å². The van der Waals surface area contributed by atoms with Crippen LogP contribution in [0.1, 0.15) is 112 Å². The monoisotopic (exact) mass is 660 g/mol. The van der Waals surface area contributed by atoms with Crippen molar-refractivity contribution in [3.8, 4) is 0 Å². The average molecular weight is 661 g/mol. The van der Waals surface area contributed by atoms with Crippen LogP contribution < -0.4 is 0 Å². The van der Waals surface area contributed by atoms with Crippen LogP contribution in [-0.4, -0.2) is 37.4 Å². The van der Waals surface area contributed by atoms with Crippen molar-refractivity contribution in [2.24, 2.45) is 56.2 Å². The fourth-order valence-electron chi connectivity index (χ4n) is 12.0. The van der Waals surface area contributed by atoms with E-state index in [4.69, 9.17) is 9.47 Å². The number of rotatable bonds is 6. The Morgan fingerprint density at radius 1 is 0.833 bits per heavy atom. The molecule has 7 heteroatoms. The molecule has 1 aromatic rings. The van der Waals surface area contributed by atoms with Gasteiger partial charge in [-0.1, -0.05) is 77.4 Å². The first kappa shape index (κ1) is 34.9. The van der Waals surface area contributed by atoms with Crippen molar-refractivity contribution in [1.29, 1.82) is 0 Å². The number of esters is 3. The summed E-state index contributed by atoms with van der Waals surface area (Å²) in [7, 11) is 1.29. The van der Waals surface area contributed by atoms with Gasteiger partial charge in [0.15, 0.2) is 12.4 Å². The third-order valence-electron chi connectivity index (χ3n) is 15.2. The van der Waals surface area contributed by atoms with E-state index in [0.29, 0.717) is 12.8 Å². The van der Waals surface area contributed by atoms with Crippen LogP contribution in [0.3, 0.4) is 0 Å². The van der Waals surface area contributed by atoms with Crippen LogP contribution in [-0.2, 0) is 40.0 Å². The van der Waals surface area contributed by atoms with E-state index >= 15 is 0 Å². The predicted molar refractivity (Wildman–Crippen MR) is 182 cm³/mol. The standard InChI is InChI=1S/C41H56O7/c1-36(2)27(34(44)47-25-32(43)46-8)14-16-39(5)31(36)15-17-41(7)33(39)30(42)22-28-29-23-38(4,19-18-37(29,3)20-21-40(28,41)6)35(45)48-24-26-12-10-9-11-13-26/h9-13,22,27,29,31,33H,14-21,23-25H2,1-8H3/t27-,29+,31+,33-,37-,38+,39+,40-,41-/m1/s1. The Morgan fingerprint density at radius 2 is 1.52 bits per heavy atom. The zero-order valence-corrected chi connectivity index (χ0v) is 30.4. The van der Waals surface area contributed by atoms with Crippen LogP contribution in [0.15, 0.2) is 42.0 Å². The zero-order valence-electron chi connectivity index (χ0n) is 30.4. The van der Waals surface area contributed by atoms with E-state index in [9.17, 15) is 19.2 Å². The number of hydrogen-bond acceptors (Lipinski definition) is 7. The Labute approximate surface area is 286 Å². The fraction of sp³-hybridized carbons (Fsp3) is 0.707. The topological polar surface area (TPSA) is 96.0 Å². The molecule has 9 atom stereocenters. The molecule has 0 aliphatic heterocycles. The van der Waals surface area contributed by atoms with Gasteiger partial charge in [0.1, 0.15) is 6.61 Å². The molecule has 48 heavy (non-hydrogen) atoms. The number of allylic oxidation sites excluding steroid dienone is 2. The summed E-state index contributed by atoms with van der Waals surface area (Å²) in [6, 6.07) is 9.85. The summed E-state index contributed by atoms with van der Waals surface area (Å²) < 4.78 is 16.0. The minimum absolute atomic E-state index is 0.0414. The van der Waals surface area contributed by atoms with Crippen molar-refractivity contribution in [2.75, 3.05) is 13.7 Å². The maximum absolute atomic E-state index is 14.8. The number of benzene rings is 1. The first-order chi connectivity index (χ1) is 22.4. The van der Waals surface area contributed by atoms with E-state index in [1.54, 1.807) is 0 Å². The molecule has 0 bridgehead atoms. The Kier molecular flexibility index (Phi) is 8.60. The van der Waals surface area contributed by atoms with Crippen LogP contribution in [0.2, 0.25) is 0 Å². The highest BCUT2D eigenvalue weighted by Gasteiger charge is 2.70. The molecule has 0 spiro atoms. The normalized spacial score (nSPS) is 41.3. The molecule has 0 amide bonds. The summed E-state index contributed by atoms with van der Waals surface area (Å²) in [4.78, 5) is 53.5. The minimum atomic E-state index is -0.604. The van der Waals surface area contributed by atoms with Crippen molar-refractivity contribution in [2.45, 2.75) is 113 Å². The number of carbonyl (C=O) groups is 4. The van der Waals surface area contributed by atoms with Gasteiger partial charge in [0.25, 0.3) is 0 Å². The van der Waals surface area contributed by atoms with Gasteiger partial charge in [-0.2, -0.15) is 0 Å². The molecule has 262 valence electrons. The fourth-order valence-corrected chi connectivity index (χ4v) is 12.0. The second-order valence-corrected chi connectivity index (χ2v) is 17.9. The number of fused-ring (bicyclic) bond motifs is 7. The molecule has 5 aliphatic carbocycles. The molecular formula is C41H56O7. The van der Waals surface area contributed by atoms with Gasteiger partial charge in [-0.05, 0) is 115 Å². The maximum Gasteiger partial charge on any atom is 0.344 e. The molecule has 0 N–H and O–H groups in total. The van der Waals surface area contributed by atoms with E-state index < -0.39 is 16.8 Å². The Balaban J connectivity index is 1.28. The lowest BCUT2D eigenvalue weighted by Crippen LogP contribution is -2.66. The number of methoxy groups -OCH3 is 1. The largest absolute Gasteiger partial charge is 0.466 e. The van der Waals surface area contributed by atoms with Gasteiger partial charge in [0.05, 0.1) is 18.4 Å². The zero-order chi connectivity index (χ0) is 34.9. The average Bonchev–Trinajstić information content (AvgIpc) is 3.04. The summed E-state index contributed by atoms with van der Waals surface area (Å²) in [6.45, 7) is 15.8. The summed E-state index contributed by atoms with van der Waals surface area (Å²) >= 11 is 0. The Morgan fingerprint density at radius 3 is 2.21 bits per heavy atom. The van der Waals surface area contributed by atoms with Crippen molar-refractivity contribution in [3.05, 3.63) is 47.5 Å². The van der Waals surface area contributed by atoms with Crippen molar-refractivity contribution in [3.63, 3.8) is 0 Å². The van der Waals surface area contributed by atoms with E-state index in [2.05, 4.69) is 53.2 Å². The second kappa shape index (κ2) is 11.8. The van der Waals surface area contributed by atoms with Crippen LogP contribution in [0.5, 0.6) is 0 Å². The highest BCUT2D eigenvalue weighted by Crippen LogP contribution is 2.75. The van der Waals surface area contributed by atoms with E-state index in [0.717, 1.165) is 50.5 Å². The lowest BCUT2D eigenvalue weighted by molar-refractivity contribution is -0.200. The van der Waals surface area contributed by atoms with E-state index in [-0.39, 0.29) is 76.3 Å². The molecule has 0 aromatic heterocycles. The van der Waals surface area contributed by atoms with Gasteiger partial charge in [-0.15, -0.1) is 0 Å². The van der Waals surface area contributed by atoms with Gasteiger partial charge >= 0.3 is 17.9 Å². The molecule has 5 aliphatic rings.